The minimum atomic E-state index is -0.873. The van der Waals surface area contributed by atoms with Gasteiger partial charge in [0.1, 0.15) is 17.2 Å². The lowest BCUT2D eigenvalue weighted by atomic mass is 10.1. The van der Waals surface area contributed by atoms with Crippen LogP contribution in [0.3, 0.4) is 0 Å². The van der Waals surface area contributed by atoms with Crippen LogP contribution in [0, 0.1) is 11.6 Å². The number of hydrogen-bond acceptors (Lipinski definition) is 1. The van der Waals surface area contributed by atoms with Crippen molar-refractivity contribution in [2.75, 3.05) is 0 Å². The SMILES string of the molecule is CC(NC(=O)c1c(F)cccc1F)c1ccccc1Br. The van der Waals surface area contributed by atoms with Crippen molar-refractivity contribution >= 4 is 21.8 Å². The summed E-state index contributed by atoms with van der Waals surface area (Å²) in [5.41, 5.74) is 0.268. The Kier molecular flexibility index (Phi) is 4.49. The summed E-state index contributed by atoms with van der Waals surface area (Å²) in [6.07, 6.45) is 0. The van der Waals surface area contributed by atoms with Crippen LogP contribution in [-0.2, 0) is 0 Å². The van der Waals surface area contributed by atoms with Gasteiger partial charge in [-0.2, -0.15) is 0 Å². The van der Waals surface area contributed by atoms with Gasteiger partial charge in [0, 0.05) is 4.47 Å². The summed E-state index contributed by atoms with van der Waals surface area (Å²) in [5, 5.41) is 2.59. The summed E-state index contributed by atoms with van der Waals surface area (Å²) in [5.74, 6) is -2.52. The molecule has 0 aliphatic carbocycles. The molecule has 104 valence electrons. The van der Waals surface area contributed by atoms with Crippen LogP contribution in [0.5, 0.6) is 0 Å². The van der Waals surface area contributed by atoms with Gasteiger partial charge in [-0.15, -0.1) is 0 Å². The maximum Gasteiger partial charge on any atom is 0.257 e. The molecule has 1 unspecified atom stereocenters. The third kappa shape index (κ3) is 3.04. The van der Waals surface area contributed by atoms with Crippen LogP contribution >= 0.6 is 15.9 Å². The molecule has 0 saturated heterocycles. The summed E-state index contributed by atoms with van der Waals surface area (Å²) in [7, 11) is 0. The number of rotatable bonds is 3. The number of carbonyl (C=O) groups is 1. The lowest BCUT2D eigenvalue weighted by Gasteiger charge is -2.16. The van der Waals surface area contributed by atoms with E-state index in [4.69, 9.17) is 0 Å². The molecule has 0 aliphatic heterocycles. The van der Waals surface area contributed by atoms with Crippen LogP contribution in [0.4, 0.5) is 8.78 Å². The minimum absolute atomic E-state index is 0.378. The van der Waals surface area contributed by atoms with E-state index in [1.165, 1.54) is 6.07 Å². The summed E-state index contributed by atoms with van der Waals surface area (Å²) >= 11 is 3.37. The molecule has 2 aromatic rings. The van der Waals surface area contributed by atoms with E-state index >= 15 is 0 Å². The number of carbonyl (C=O) groups excluding carboxylic acids is 1. The lowest BCUT2D eigenvalue weighted by molar-refractivity contribution is 0.0931. The zero-order chi connectivity index (χ0) is 14.7. The van der Waals surface area contributed by atoms with Gasteiger partial charge >= 0.3 is 0 Å². The molecule has 0 saturated carbocycles. The normalized spacial score (nSPS) is 12.0. The molecular formula is C15H12BrF2NO. The third-order valence-electron chi connectivity index (χ3n) is 2.91. The lowest BCUT2D eigenvalue weighted by Crippen LogP contribution is -2.28. The molecule has 2 aromatic carbocycles. The Morgan fingerprint density at radius 2 is 1.70 bits per heavy atom. The first-order chi connectivity index (χ1) is 9.50. The Balaban J connectivity index is 2.22. The van der Waals surface area contributed by atoms with Crippen molar-refractivity contribution in [1.82, 2.24) is 5.32 Å². The second kappa shape index (κ2) is 6.13. The first-order valence-electron chi connectivity index (χ1n) is 6.00. The highest BCUT2D eigenvalue weighted by atomic mass is 79.9. The molecule has 5 heteroatoms. The van der Waals surface area contributed by atoms with E-state index in [0.29, 0.717) is 0 Å². The van der Waals surface area contributed by atoms with Crippen LogP contribution in [0.1, 0.15) is 28.9 Å². The van der Waals surface area contributed by atoms with Crippen molar-refractivity contribution in [2.24, 2.45) is 0 Å². The van der Waals surface area contributed by atoms with E-state index in [0.717, 1.165) is 22.2 Å². The van der Waals surface area contributed by atoms with Gasteiger partial charge in [0.2, 0.25) is 0 Å². The minimum Gasteiger partial charge on any atom is -0.345 e. The van der Waals surface area contributed by atoms with E-state index < -0.39 is 23.1 Å². The van der Waals surface area contributed by atoms with E-state index in [9.17, 15) is 13.6 Å². The van der Waals surface area contributed by atoms with E-state index in [2.05, 4.69) is 21.2 Å². The first-order valence-corrected chi connectivity index (χ1v) is 6.79. The molecule has 1 amide bonds. The van der Waals surface area contributed by atoms with Crippen LogP contribution in [0.2, 0.25) is 0 Å². The van der Waals surface area contributed by atoms with Gasteiger partial charge in [0.15, 0.2) is 0 Å². The van der Waals surface area contributed by atoms with Crippen LogP contribution in [0.15, 0.2) is 46.9 Å². The van der Waals surface area contributed by atoms with Gasteiger partial charge in [0.05, 0.1) is 6.04 Å². The van der Waals surface area contributed by atoms with Gasteiger partial charge in [-0.3, -0.25) is 4.79 Å². The van der Waals surface area contributed by atoms with Gasteiger partial charge < -0.3 is 5.32 Å². The quantitative estimate of drug-likeness (QED) is 0.891. The molecule has 0 radical (unpaired) electrons. The standard InChI is InChI=1S/C15H12BrF2NO/c1-9(10-5-2-3-6-11(10)16)19-15(20)14-12(17)7-4-8-13(14)18/h2-9H,1H3,(H,19,20). The van der Waals surface area contributed by atoms with Gasteiger partial charge in [-0.05, 0) is 30.7 Å². The average Bonchev–Trinajstić information content (AvgIpc) is 2.38. The van der Waals surface area contributed by atoms with Gasteiger partial charge in [-0.1, -0.05) is 40.2 Å². The predicted octanol–water partition coefficient (Wildman–Crippen LogP) is 4.22. The molecule has 2 rings (SSSR count). The smallest absolute Gasteiger partial charge is 0.257 e. The van der Waals surface area contributed by atoms with Crippen molar-refractivity contribution in [1.29, 1.82) is 0 Å². The van der Waals surface area contributed by atoms with Gasteiger partial charge in [-0.25, -0.2) is 8.78 Å². The zero-order valence-corrected chi connectivity index (χ0v) is 12.2. The van der Waals surface area contributed by atoms with E-state index in [1.807, 2.05) is 24.3 Å². The summed E-state index contributed by atoms with van der Waals surface area (Å²) in [6.45, 7) is 1.75. The molecule has 0 bridgehead atoms. The maximum absolute atomic E-state index is 13.5. The maximum atomic E-state index is 13.5. The Labute approximate surface area is 123 Å². The van der Waals surface area contributed by atoms with Crippen LogP contribution in [0.25, 0.3) is 0 Å². The molecule has 0 spiro atoms. The molecule has 1 N–H and O–H groups in total. The van der Waals surface area contributed by atoms with Crippen molar-refractivity contribution < 1.29 is 13.6 Å². The fourth-order valence-corrected chi connectivity index (χ4v) is 2.52. The molecule has 2 nitrogen and oxygen atoms in total. The highest BCUT2D eigenvalue weighted by Gasteiger charge is 2.19. The number of halogens is 3. The van der Waals surface area contributed by atoms with Crippen molar-refractivity contribution in [3.05, 3.63) is 69.7 Å². The summed E-state index contributed by atoms with van der Waals surface area (Å²) in [4.78, 5) is 12.0. The highest BCUT2D eigenvalue weighted by Crippen LogP contribution is 2.23. The van der Waals surface area contributed by atoms with Crippen molar-refractivity contribution in [2.45, 2.75) is 13.0 Å². The molecule has 0 fully saturated rings. The Bertz CT molecular complexity index is 625. The van der Waals surface area contributed by atoms with Gasteiger partial charge in [0.25, 0.3) is 5.91 Å². The monoisotopic (exact) mass is 339 g/mol. The number of hydrogen-bond donors (Lipinski definition) is 1. The Hall–Kier alpha value is -1.75. The van der Waals surface area contributed by atoms with E-state index in [1.54, 1.807) is 6.92 Å². The molecule has 1 atom stereocenters. The Morgan fingerprint density at radius 1 is 1.10 bits per heavy atom. The largest absolute Gasteiger partial charge is 0.345 e. The second-order valence-corrected chi connectivity index (χ2v) is 5.17. The number of benzene rings is 2. The number of nitrogens with one attached hydrogen (secondary N) is 1. The van der Waals surface area contributed by atoms with Crippen LogP contribution < -0.4 is 5.32 Å². The molecule has 0 aromatic heterocycles. The molecule has 0 heterocycles. The van der Waals surface area contributed by atoms with Crippen LogP contribution in [-0.4, -0.2) is 5.91 Å². The fourth-order valence-electron chi connectivity index (χ4n) is 1.89. The fraction of sp³-hybridized carbons (Fsp3) is 0.133. The van der Waals surface area contributed by atoms with E-state index in [-0.39, 0.29) is 6.04 Å². The van der Waals surface area contributed by atoms with Crippen molar-refractivity contribution in [3.8, 4) is 0 Å². The third-order valence-corrected chi connectivity index (χ3v) is 3.63. The predicted molar refractivity (Wildman–Crippen MR) is 76.4 cm³/mol. The summed E-state index contributed by atoms with van der Waals surface area (Å²) < 4.78 is 27.9. The Morgan fingerprint density at radius 3 is 2.30 bits per heavy atom. The van der Waals surface area contributed by atoms with Crippen molar-refractivity contribution in [3.63, 3.8) is 0 Å². The second-order valence-electron chi connectivity index (χ2n) is 4.31. The molecule has 20 heavy (non-hydrogen) atoms. The number of amides is 1. The summed E-state index contributed by atoms with van der Waals surface area (Å²) in [6, 6.07) is 10.3. The first kappa shape index (κ1) is 14.7. The topological polar surface area (TPSA) is 29.1 Å². The molecule has 0 aliphatic rings. The zero-order valence-electron chi connectivity index (χ0n) is 10.7. The highest BCUT2D eigenvalue weighted by molar-refractivity contribution is 9.10. The average molecular weight is 340 g/mol. The molecular weight excluding hydrogens is 328 g/mol.